The van der Waals surface area contributed by atoms with Crippen LogP contribution in [0, 0.1) is 0 Å². The molecule has 142 valence electrons. The van der Waals surface area contributed by atoms with Gasteiger partial charge < -0.3 is 10.1 Å². The predicted octanol–water partition coefficient (Wildman–Crippen LogP) is 4.85. The summed E-state index contributed by atoms with van der Waals surface area (Å²) < 4.78 is 44.2. The van der Waals surface area contributed by atoms with E-state index in [4.69, 9.17) is 4.74 Å². The summed E-state index contributed by atoms with van der Waals surface area (Å²) in [7, 11) is 0. The zero-order chi connectivity index (χ0) is 19.7. The van der Waals surface area contributed by atoms with Crippen molar-refractivity contribution in [3.8, 4) is 0 Å². The van der Waals surface area contributed by atoms with Gasteiger partial charge in [0.25, 0.3) is 0 Å². The number of alkyl halides is 3. The third-order valence-electron chi connectivity index (χ3n) is 3.61. The second kappa shape index (κ2) is 9.56. The number of amides is 1. The number of ether oxygens (including phenoxy) is 1. The number of nitrogens with one attached hydrogen (secondary N) is 1. The zero-order valence-corrected chi connectivity index (χ0v) is 14.3. The van der Waals surface area contributed by atoms with Gasteiger partial charge in [-0.3, -0.25) is 4.79 Å². The molecule has 0 unspecified atom stereocenters. The van der Waals surface area contributed by atoms with Gasteiger partial charge in [0.05, 0.1) is 5.56 Å². The summed E-state index contributed by atoms with van der Waals surface area (Å²) in [5.41, 5.74) is -0.105. The Kier molecular flexibility index (Phi) is 7.16. The van der Waals surface area contributed by atoms with Crippen molar-refractivity contribution < 1.29 is 27.5 Å². The Hall–Kier alpha value is -3.09. The Morgan fingerprint density at radius 3 is 2.52 bits per heavy atom. The maximum absolute atomic E-state index is 13.0. The van der Waals surface area contributed by atoms with Crippen LogP contribution >= 0.6 is 0 Å². The molecular weight excluding hydrogens is 359 g/mol. The van der Waals surface area contributed by atoms with Gasteiger partial charge in [0.15, 0.2) is 0 Å². The summed E-state index contributed by atoms with van der Waals surface area (Å²) in [5.74, 6) is 0. The minimum atomic E-state index is -4.56. The van der Waals surface area contributed by atoms with E-state index in [2.05, 4.69) is 5.32 Å². The Morgan fingerprint density at radius 2 is 1.85 bits per heavy atom. The van der Waals surface area contributed by atoms with Crippen molar-refractivity contribution >= 4 is 18.5 Å². The average molecular weight is 377 g/mol. The third kappa shape index (κ3) is 6.62. The summed E-state index contributed by atoms with van der Waals surface area (Å²) in [6, 6.07) is 12.5. The van der Waals surface area contributed by atoms with Gasteiger partial charge in [0.1, 0.15) is 12.9 Å². The molecule has 7 heteroatoms. The molecule has 0 fully saturated rings. The van der Waals surface area contributed by atoms with E-state index in [1.165, 1.54) is 24.3 Å². The maximum Gasteiger partial charge on any atom is 0.417 e. The van der Waals surface area contributed by atoms with Crippen molar-refractivity contribution in [1.82, 2.24) is 5.32 Å². The summed E-state index contributed by atoms with van der Waals surface area (Å²) >= 11 is 0. The minimum Gasteiger partial charge on any atom is -0.445 e. The fourth-order valence-electron chi connectivity index (χ4n) is 2.28. The highest BCUT2D eigenvalue weighted by atomic mass is 19.4. The number of carbonyl (C=O) groups excluding carboxylic acids is 2. The quantitative estimate of drug-likeness (QED) is 0.554. The molecular formula is C20H18F3NO3. The van der Waals surface area contributed by atoms with Crippen LogP contribution in [0.5, 0.6) is 0 Å². The summed E-state index contributed by atoms with van der Waals surface area (Å²) in [4.78, 5) is 22.2. The second-order valence-electron chi connectivity index (χ2n) is 5.64. The lowest BCUT2D eigenvalue weighted by Crippen LogP contribution is -2.24. The molecule has 2 aromatic rings. The minimum absolute atomic E-state index is 0.0395. The number of hydrogen-bond donors (Lipinski definition) is 1. The van der Waals surface area contributed by atoms with Gasteiger partial charge in [0, 0.05) is 12.1 Å². The van der Waals surface area contributed by atoms with Crippen molar-refractivity contribution in [3.05, 3.63) is 76.9 Å². The molecule has 0 spiro atoms. The lowest BCUT2D eigenvalue weighted by Gasteiger charge is -2.11. The van der Waals surface area contributed by atoms with Crippen molar-refractivity contribution in [2.24, 2.45) is 0 Å². The smallest absolute Gasteiger partial charge is 0.417 e. The Morgan fingerprint density at radius 1 is 1.11 bits per heavy atom. The Bertz CT molecular complexity index is 802. The molecule has 0 radical (unpaired) electrons. The van der Waals surface area contributed by atoms with E-state index in [0.717, 1.165) is 11.6 Å². The molecule has 27 heavy (non-hydrogen) atoms. The molecule has 0 atom stereocenters. The topological polar surface area (TPSA) is 55.4 Å². The van der Waals surface area contributed by atoms with Gasteiger partial charge in [-0.25, -0.2) is 4.79 Å². The first-order valence-corrected chi connectivity index (χ1v) is 8.17. The molecule has 0 aliphatic carbocycles. The predicted molar refractivity (Wildman–Crippen MR) is 95.1 cm³/mol. The van der Waals surface area contributed by atoms with Crippen LogP contribution in [0.2, 0.25) is 0 Å². The van der Waals surface area contributed by atoms with Crippen molar-refractivity contribution in [3.63, 3.8) is 0 Å². The van der Waals surface area contributed by atoms with Gasteiger partial charge in [-0.2, -0.15) is 13.2 Å². The van der Waals surface area contributed by atoms with Crippen LogP contribution in [0.4, 0.5) is 18.0 Å². The Labute approximate surface area is 154 Å². The molecule has 0 saturated carbocycles. The number of rotatable bonds is 7. The maximum atomic E-state index is 13.0. The molecule has 0 aromatic heterocycles. The van der Waals surface area contributed by atoms with Crippen LogP contribution in [-0.4, -0.2) is 18.9 Å². The summed E-state index contributed by atoms with van der Waals surface area (Å²) in [6.07, 6.45) is -1.63. The lowest BCUT2D eigenvalue weighted by molar-refractivity contribution is -0.137. The van der Waals surface area contributed by atoms with E-state index in [1.807, 2.05) is 30.3 Å². The molecule has 4 nitrogen and oxygen atoms in total. The van der Waals surface area contributed by atoms with Gasteiger partial charge in [0.2, 0.25) is 0 Å². The first kappa shape index (κ1) is 20.2. The largest absolute Gasteiger partial charge is 0.445 e. The standard InChI is InChI=1S/C20H18F3NO3/c21-20(22,23)18-12-16(13-25)9-10-17(18)8-4-5-11-24-19(26)27-14-15-6-2-1-3-7-15/h1-4,6-10,12-13H,5,11,14H2,(H,24,26). The molecule has 0 aliphatic heterocycles. The number of hydrogen-bond acceptors (Lipinski definition) is 3. The molecule has 1 amide bonds. The van der Waals surface area contributed by atoms with Crippen LogP contribution in [-0.2, 0) is 17.5 Å². The van der Waals surface area contributed by atoms with Crippen LogP contribution in [0.15, 0.2) is 54.6 Å². The number of carbonyl (C=O) groups is 2. The van der Waals surface area contributed by atoms with E-state index < -0.39 is 17.8 Å². The van der Waals surface area contributed by atoms with Crippen LogP contribution in [0.25, 0.3) is 6.08 Å². The van der Waals surface area contributed by atoms with Crippen molar-refractivity contribution in [2.75, 3.05) is 6.54 Å². The number of halogens is 3. The fraction of sp³-hybridized carbons (Fsp3) is 0.200. The molecule has 0 heterocycles. The molecule has 2 rings (SSSR count). The fourth-order valence-corrected chi connectivity index (χ4v) is 2.28. The Balaban J connectivity index is 1.82. The van der Waals surface area contributed by atoms with Crippen LogP contribution < -0.4 is 5.32 Å². The molecule has 2 aromatic carbocycles. The van der Waals surface area contributed by atoms with E-state index >= 15 is 0 Å². The average Bonchev–Trinajstić information content (AvgIpc) is 2.66. The van der Waals surface area contributed by atoms with Gasteiger partial charge in [-0.1, -0.05) is 54.6 Å². The van der Waals surface area contributed by atoms with Gasteiger partial charge in [-0.15, -0.1) is 0 Å². The molecule has 0 bridgehead atoms. The molecule has 0 aliphatic rings. The normalized spacial score (nSPS) is 11.4. The van der Waals surface area contributed by atoms with Gasteiger partial charge in [-0.05, 0) is 23.6 Å². The van der Waals surface area contributed by atoms with Crippen LogP contribution in [0.3, 0.4) is 0 Å². The van der Waals surface area contributed by atoms with E-state index in [1.54, 1.807) is 0 Å². The first-order chi connectivity index (χ1) is 12.9. The zero-order valence-electron chi connectivity index (χ0n) is 14.3. The van der Waals surface area contributed by atoms with Crippen LogP contribution in [0.1, 0.15) is 33.5 Å². The summed E-state index contributed by atoms with van der Waals surface area (Å²) in [5, 5.41) is 2.52. The third-order valence-corrected chi connectivity index (χ3v) is 3.61. The highest BCUT2D eigenvalue weighted by Crippen LogP contribution is 2.33. The second-order valence-corrected chi connectivity index (χ2v) is 5.64. The molecule has 0 saturated heterocycles. The van der Waals surface area contributed by atoms with Crippen molar-refractivity contribution in [2.45, 2.75) is 19.2 Å². The summed E-state index contributed by atoms with van der Waals surface area (Å²) in [6.45, 7) is 0.360. The monoisotopic (exact) mass is 377 g/mol. The number of benzene rings is 2. The number of aldehydes is 1. The molecule has 1 N–H and O–H groups in total. The SMILES string of the molecule is O=Cc1ccc(C=CCCNC(=O)OCc2ccccc2)c(C(F)(F)F)c1. The van der Waals surface area contributed by atoms with E-state index in [-0.39, 0.29) is 24.3 Å². The first-order valence-electron chi connectivity index (χ1n) is 8.17. The lowest BCUT2D eigenvalue weighted by atomic mass is 10.0. The highest BCUT2D eigenvalue weighted by molar-refractivity contribution is 5.76. The van der Waals surface area contributed by atoms with Crippen molar-refractivity contribution in [1.29, 1.82) is 0 Å². The van der Waals surface area contributed by atoms with E-state index in [0.29, 0.717) is 12.7 Å². The number of alkyl carbamates (subject to hydrolysis) is 1. The van der Waals surface area contributed by atoms with Gasteiger partial charge >= 0.3 is 12.3 Å². The van der Waals surface area contributed by atoms with E-state index in [9.17, 15) is 22.8 Å². The highest BCUT2D eigenvalue weighted by Gasteiger charge is 2.32.